The van der Waals surface area contributed by atoms with E-state index in [2.05, 4.69) is 21.7 Å². The molecule has 0 spiro atoms. The Kier molecular flexibility index (Phi) is 3.07. The van der Waals surface area contributed by atoms with Gasteiger partial charge in [0.15, 0.2) is 0 Å². The fourth-order valence-corrected chi connectivity index (χ4v) is 3.71. The van der Waals surface area contributed by atoms with Gasteiger partial charge in [-0.1, -0.05) is 19.8 Å². The molecule has 1 aromatic heterocycles. The fraction of sp³-hybridized carbons (Fsp3) is 0.786. The van der Waals surface area contributed by atoms with Gasteiger partial charge in [-0.3, -0.25) is 4.79 Å². The Hall–Kier alpha value is -1.39. The van der Waals surface area contributed by atoms with Crippen molar-refractivity contribution in [3.05, 3.63) is 11.6 Å². The highest BCUT2D eigenvalue weighted by Gasteiger charge is 2.40. The number of rotatable bonds is 3. The fourth-order valence-electron chi connectivity index (χ4n) is 3.71. The molecule has 1 fully saturated rings. The highest BCUT2D eigenvalue weighted by Crippen LogP contribution is 2.43. The summed E-state index contributed by atoms with van der Waals surface area (Å²) >= 11 is 0. The Labute approximate surface area is 113 Å². The SMILES string of the molecule is CCC1(c2nnc3n2CC(C(=O)O)CC3)CCCC1. The predicted molar refractivity (Wildman–Crippen MR) is 69.9 cm³/mol. The second kappa shape index (κ2) is 4.62. The third-order valence-electron chi connectivity index (χ3n) is 5.01. The summed E-state index contributed by atoms with van der Waals surface area (Å²) in [5.74, 6) is 1.06. The van der Waals surface area contributed by atoms with Crippen LogP contribution in [0, 0.1) is 5.92 Å². The number of carbonyl (C=O) groups is 1. The molecule has 5 heteroatoms. The Morgan fingerprint density at radius 3 is 2.79 bits per heavy atom. The first-order valence-electron chi connectivity index (χ1n) is 7.31. The number of hydrogen-bond donors (Lipinski definition) is 1. The molecule has 3 rings (SSSR count). The van der Waals surface area contributed by atoms with Crippen LogP contribution in [0.4, 0.5) is 0 Å². The van der Waals surface area contributed by atoms with E-state index in [0.717, 1.165) is 24.5 Å². The van der Waals surface area contributed by atoms with E-state index >= 15 is 0 Å². The van der Waals surface area contributed by atoms with Gasteiger partial charge in [-0.15, -0.1) is 10.2 Å². The standard InChI is InChI=1S/C14H21N3O2/c1-2-14(7-3-4-8-14)13-16-15-11-6-5-10(12(18)19)9-17(11)13/h10H,2-9H2,1H3,(H,18,19). The van der Waals surface area contributed by atoms with Crippen LogP contribution in [0.25, 0.3) is 0 Å². The maximum Gasteiger partial charge on any atom is 0.308 e. The highest BCUT2D eigenvalue weighted by molar-refractivity contribution is 5.70. The smallest absolute Gasteiger partial charge is 0.308 e. The van der Waals surface area contributed by atoms with Gasteiger partial charge in [-0.05, 0) is 25.7 Å². The molecule has 0 saturated heterocycles. The van der Waals surface area contributed by atoms with Crippen LogP contribution in [-0.2, 0) is 23.2 Å². The molecular formula is C14H21N3O2. The van der Waals surface area contributed by atoms with Crippen molar-refractivity contribution in [1.82, 2.24) is 14.8 Å². The largest absolute Gasteiger partial charge is 0.481 e. The summed E-state index contributed by atoms with van der Waals surface area (Å²) in [7, 11) is 0. The third-order valence-corrected chi connectivity index (χ3v) is 5.01. The van der Waals surface area contributed by atoms with Gasteiger partial charge >= 0.3 is 5.97 Å². The van der Waals surface area contributed by atoms with Crippen molar-refractivity contribution in [2.24, 2.45) is 5.92 Å². The molecule has 0 aromatic carbocycles. The lowest BCUT2D eigenvalue weighted by molar-refractivity contribution is -0.142. The first-order valence-corrected chi connectivity index (χ1v) is 7.31. The number of aliphatic carboxylic acids is 1. The molecule has 19 heavy (non-hydrogen) atoms. The monoisotopic (exact) mass is 263 g/mol. The molecule has 2 heterocycles. The molecule has 1 unspecified atom stereocenters. The molecular weight excluding hydrogens is 242 g/mol. The van der Waals surface area contributed by atoms with Crippen LogP contribution >= 0.6 is 0 Å². The zero-order chi connectivity index (χ0) is 13.5. The van der Waals surface area contributed by atoms with Gasteiger partial charge in [0.1, 0.15) is 11.6 Å². The second-order valence-corrected chi connectivity index (χ2v) is 5.97. The zero-order valence-corrected chi connectivity index (χ0v) is 11.4. The number of carboxylic acids is 1. The lowest BCUT2D eigenvalue weighted by Gasteiger charge is -2.29. The van der Waals surface area contributed by atoms with Crippen LogP contribution in [0.15, 0.2) is 0 Å². The lowest BCUT2D eigenvalue weighted by Crippen LogP contribution is -2.32. The summed E-state index contributed by atoms with van der Waals surface area (Å²) in [6.07, 6.45) is 7.33. The molecule has 0 bridgehead atoms. The molecule has 2 aliphatic rings. The van der Waals surface area contributed by atoms with E-state index in [1.807, 2.05) is 0 Å². The number of aromatic nitrogens is 3. The topological polar surface area (TPSA) is 68.0 Å². The van der Waals surface area contributed by atoms with Crippen molar-refractivity contribution in [1.29, 1.82) is 0 Å². The average Bonchev–Trinajstić information content (AvgIpc) is 3.04. The minimum atomic E-state index is -0.692. The highest BCUT2D eigenvalue weighted by atomic mass is 16.4. The Morgan fingerprint density at radius 2 is 2.16 bits per heavy atom. The van der Waals surface area contributed by atoms with E-state index in [-0.39, 0.29) is 11.3 Å². The van der Waals surface area contributed by atoms with Gasteiger partial charge in [-0.25, -0.2) is 0 Å². The minimum absolute atomic E-state index is 0.144. The summed E-state index contributed by atoms with van der Waals surface area (Å²) < 4.78 is 2.11. The number of aryl methyl sites for hydroxylation is 1. The van der Waals surface area contributed by atoms with E-state index in [1.54, 1.807) is 0 Å². The van der Waals surface area contributed by atoms with Gasteiger partial charge in [0.25, 0.3) is 0 Å². The molecule has 0 amide bonds. The van der Waals surface area contributed by atoms with Crippen LogP contribution < -0.4 is 0 Å². The van der Waals surface area contributed by atoms with Crippen molar-refractivity contribution in [2.45, 2.75) is 63.8 Å². The van der Waals surface area contributed by atoms with E-state index < -0.39 is 5.97 Å². The summed E-state index contributed by atoms with van der Waals surface area (Å²) in [6, 6.07) is 0. The molecule has 104 valence electrons. The molecule has 1 aromatic rings. The molecule has 1 N–H and O–H groups in total. The molecule has 1 aliphatic heterocycles. The number of nitrogens with zero attached hydrogens (tertiary/aromatic N) is 3. The average molecular weight is 263 g/mol. The van der Waals surface area contributed by atoms with Crippen molar-refractivity contribution < 1.29 is 9.90 Å². The lowest BCUT2D eigenvalue weighted by atomic mass is 9.82. The molecule has 0 radical (unpaired) electrons. The van der Waals surface area contributed by atoms with Crippen LogP contribution in [0.5, 0.6) is 0 Å². The Balaban J connectivity index is 1.96. The Morgan fingerprint density at radius 1 is 1.42 bits per heavy atom. The predicted octanol–water partition coefficient (Wildman–Crippen LogP) is 2.15. The number of hydrogen-bond acceptors (Lipinski definition) is 3. The van der Waals surface area contributed by atoms with Gasteiger partial charge < -0.3 is 9.67 Å². The van der Waals surface area contributed by atoms with Crippen LogP contribution in [0.2, 0.25) is 0 Å². The molecule has 1 atom stereocenters. The van der Waals surface area contributed by atoms with E-state index in [0.29, 0.717) is 13.0 Å². The second-order valence-electron chi connectivity index (χ2n) is 5.97. The van der Waals surface area contributed by atoms with Gasteiger partial charge in [0, 0.05) is 18.4 Å². The van der Waals surface area contributed by atoms with E-state index in [4.69, 9.17) is 0 Å². The summed E-state index contributed by atoms with van der Waals surface area (Å²) in [5, 5.41) is 18.0. The maximum absolute atomic E-state index is 11.2. The maximum atomic E-state index is 11.2. The van der Waals surface area contributed by atoms with Gasteiger partial charge in [0.2, 0.25) is 0 Å². The van der Waals surface area contributed by atoms with Crippen molar-refractivity contribution >= 4 is 5.97 Å². The first kappa shape index (κ1) is 12.6. The van der Waals surface area contributed by atoms with Crippen LogP contribution in [-0.4, -0.2) is 25.8 Å². The summed E-state index contributed by atoms with van der Waals surface area (Å²) in [5.41, 5.74) is 0.144. The summed E-state index contributed by atoms with van der Waals surface area (Å²) in [6.45, 7) is 2.76. The molecule has 1 saturated carbocycles. The first-order chi connectivity index (χ1) is 9.16. The summed E-state index contributed by atoms with van der Waals surface area (Å²) in [4.78, 5) is 11.2. The number of fused-ring (bicyclic) bond motifs is 1. The quantitative estimate of drug-likeness (QED) is 0.907. The van der Waals surface area contributed by atoms with E-state index in [1.165, 1.54) is 25.7 Å². The van der Waals surface area contributed by atoms with Crippen LogP contribution in [0.3, 0.4) is 0 Å². The van der Waals surface area contributed by atoms with Gasteiger partial charge in [0.05, 0.1) is 5.92 Å². The zero-order valence-electron chi connectivity index (χ0n) is 11.4. The normalized spacial score (nSPS) is 25.2. The Bertz CT molecular complexity index is 489. The van der Waals surface area contributed by atoms with E-state index in [9.17, 15) is 9.90 Å². The van der Waals surface area contributed by atoms with Gasteiger partial charge in [-0.2, -0.15) is 0 Å². The minimum Gasteiger partial charge on any atom is -0.481 e. The molecule has 5 nitrogen and oxygen atoms in total. The molecule has 1 aliphatic carbocycles. The third kappa shape index (κ3) is 1.95. The van der Waals surface area contributed by atoms with Crippen molar-refractivity contribution in [3.63, 3.8) is 0 Å². The van der Waals surface area contributed by atoms with Crippen LogP contribution in [0.1, 0.15) is 57.1 Å². The number of carboxylic acid groups (broad SMARTS) is 1. The van der Waals surface area contributed by atoms with Crippen molar-refractivity contribution in [2.75, 3.05) is 0 Å². The van der Waals surface area contributed by atoms with Crippen molar-refractivity contribution in [3.8, 4) is 0 Å².